The molecule has 0 saturated carbocycles. The minimum atomic E-state index is -0.333. The first-order valence-corrected chi connectivity index (χ1v) is 9.87. The summed E-state index contributed by atoms with van der Waals surface area (Å²) in [4.78, 5) is 44.4. The molecule has 2 aliphatic carbocycles. The van der Waals surface area contributed by atoms with Gasteiger partial charge in [0.15, 0.2) is 17.3 Å². The lowest BCUT2D eigenvalue weighted by molar-refractivity contribution is 0.0962. The van der Waals surface area contributed by atoms with E-state index >= 15 is 0 Å². The molecule has 0 bridgehead atoms. The number of benzene rings is 3. The highest BCUT2D eigenvalue weighted by molar-refractivity contribution is 6.35. The van der Waals surface area contributed by atoms with Gasteiger partial charge in [0.25, 0.3) is 0 Å². The normalized spacial score (nSPS) is 14.0. The van der Waals surface area contributed by atoms with E-state index in [9.17, 15) is 14.4 Å². The number of hydrogen-bond donors (Lipinski definition) is 0. The maximum absolute atomic E-state index is 13.4. The van der Waals surface area contributed by atoms with Gasteiger partial charge in [0.05, 0.1) is 16.6 Å². The molecule has 0 radical (unpaired) electrons. The smallest absolute Gasteiger partial charge is 0.229 e. The first-order valence-electron chi connectivity index (χ1n) is 9.87. The maximum Gasteiger partial charge on any atom is 0.229 e. The molecule has 5 heteroatoms. The summed E-state index contributed by atoms with van der Waals surface area (Å²) in [5.74, 6) is -0.678. The number of carbonyl (C=O) groups excluding carboxylic acids is 3. The molecule has 0 amide bonds. The summed E-state index contributed by atoms with van der Waals surface area (Å²) in [6, 6.07) is 19.4. The van der Waals surface area contributed by atoms with E-state index in [1.807, 2.05) is 24.3 Å². The Balaban J connectivity index is 1.68. The Morgan fingerprint density at radius 2 is 1.19 bits per heavy atom. The molecule has 5 aromatic rings. The lowest BCUT2D eigenvalue weighted by atomic mass is 9.83. The number of rotatable bonds is 0. The minimum Gasteiger partial charge on any atom is -0.433 e. The molecule has 2 aromatic heterocycles. The molecule has 0 saturated heterocycles. The number of carbonyl (C=O) groups is 3. The molecule has 3 aromatic carbocycles. The molecular formula is C26H11NO4. The van der Waals surface area contributed by atoms with Gasteiger partial charge < -0.3 is 4.42 Å². The molecule has 0 N–H and O–H groups in total. The number of fused-ring (bicyclic) bond motifs is 7. The van der Waals surface area contributed by atoms with Crippen molar-refractivity contribution in [2.24, 2.45) is 0 Å². The van der Waals surface area contributed by atoms with Crippen LogP contribution in [0.4, 0.5) is 0 Å². The fourth-order valence-electron chi connectivity index (χ4n) is 4.85. The second kappa shape index (κ2) is 5.40. The van der Waals surface area contributed by atoms with Crippen molar-refractivity contribution in [3.63, 3.8) is 0 Å². The van der Waals surface area contributed by atoms with Crippen molar-refractivity contribution in [1.82, 2.24) is 4.98 Å². The van der Waals surface area contributed by atoms with E-state index < -0.39 is 0 Å². The number of nitrogens with zero attached hydrogens (tertiary/aromatic N) is 1. The second-order valence-corrected chi connectivity index (χ2v) is 7.75. The summed E-state index contributed by atoms with van der Waals surface area (Å²) in [5, 5.41) is 1.85. The number of aromatic nitrogens is 1. The van der Waals surface area contributed by atoms with E-state index in [1.54, 1.807) is 42.5 Å². The lowest BCUT2D eigenvalue weighted by Crippen LogP contribution is -2.19. The van der Waals surface area contributed by atoms with Gasteiger partial charge >= 0.3 is 0 Å². The first kappa shape index (κ1) is 16.4. The number of ketones is 3. The third kappa shape index (κ3) is 1.86. The quantitative estimate of drug-likeness (QED) is 0.359. The number of pyridine rings is 1. The maximum atomic E-state index is 13.4. The van der Waals surface area contributed by atoms with E-state index in [0.29, 0.717) is 49.7 Å². The van der Waals surface area contributed by atoms with Crippen LogP contribution in [0, 0.1) is 0 Å². The number of hydrogen-bond acceptors (Lipinski definition) is 5. The summed E-state index contributed by atoms with van der Waals surface area (Å²) in [5.41, 5.74) is 3.57. The van der Waals surface area contributed by atoms with Crippen molar-refractivity contribution in [2.75, 3.05) is 0 Å². The van der Waals surface area contributed by atoms with Gasteiger partial charge in [0, 0.05) is 33.2 Å². The molecule has 0 spiro atoms. The Kier molecular flexibility index (Phi) is 2.86. The van der Waals surface area contributed by atoms with Gasteiger partial charge in [-0.1, -0.05) is 66.7 Å². The topological polar surface area (TPSA) is 77.2 Å². The molecule has 0 atom stereocenters. The Bertz CT molecular complexity index is 1690. The van der Waals surface area contributed by atoms with Crippen molar-refractivity contribution in [2.45, 2.75) is 0 Å². The summed E-state index contributed by atoms with van der Waals surface area (Å²) >= 11 is 0. The monoisotopic (exact) mass is 401 g/mol. The fourth-order valence-corrected chi connectivity index (χ4v) is 4.85. The molecule has 5 nitrogen and oxygen atoms in total. The zero-order chi connectivity index (χ0) is 20.9. The fraction of sp³-hybridized carbons (Fsp3) is 0. The highest BCUT2D eigenvalue weighted by Crippen LogP contribution is 2.44. The standard InChI is InChI=1S/C26H11NO4/c28-22-13-7-2-1-6-12(13)21-18-16(10-5-11-17(18)22)19-20-23(29)14-8-3-4-9-15(14)24(30)25(20)31-26(19)27-21/h1-11H. The van der Waals surface area contributed by atoms with Gasteiger partial charge in [0.1, 0.15) is 0 Å². The molecule has 0 fully saturated rings. The first-order chi connectivity index (χ1) is 15.1. The molecule has 31 heavy (non-hydrogen) atoms. The molecule has 2 heterocycles. The molecular weight excluding hydrogens is 390 g/mol. The van der Waals surface area contributed by atoms with Gasteiger partial charge in [-0.05, 0) is 5.39 Å². The summed E-state index contributed by atoms with van der Waals surface area (Å²) in [6.07, 6.45) is 0. The van der Waals surface area contributed by atoms with Gasteiger partial charge in [-0.25, -0.2) is 4.98 Å². The third-order valence-electron chi connectivity index (χ3n) is 6.19. The van der Waals surface area contributed by atoms with Crippen molar-refractivity contribution in [3.05, 3.63) is 100 Å². The average Bonchev–Trinajstić information content (AvgIpc) is 3.21. The van der Waals surface area contributed by atoms with Crippen molar-refractivity contribution >= 4 is 39.2 Å². The largest absolute Gasteiger partial charge is 0.433 e. The van der Waals surface area contributed by atoms with Crippen LogP contribution in [-0.2, 0) is 0 Å². The number of furan rings is 1. The summed E-state index contributed by atoms with van der Waals surface area (Å²) in [6.45, 7) is 0. The van der Waals surface area contributed by atoms with Crippen molar-refractivity contribution < 1.29 is 18.8 Å². The van der Waals surface area contributed by atoms with Crippen LogP contribution in [0.3, 0.4) is 0 Å². The van der Waals surface area contributed by atoms with Crippen molar-refractivity contribution in [3.8, 4) is 11.3 Å². The van der Waals surface area contributed by atoms with E-state index in [0.717, 1.165) is 0 Å². The van der Waals surface area contributed by atoms with E-state index in [-0.39, 0.29) is 34.4 Å². The van der Waals surface area contributed by atoms with Crippen LogP contribution in [0.1, 0.15) is 48.0 Å². The van der Waals surface area contributed by atoms with E-state index in [2.05, 4.69) is 0 Å². The van der Waals surface area contributed by atoms with Gasteiger partial charge in [-0.3, -0.25) is 14.4 Å². The minimum absolute atomic E-state index is 0.00825. The lowest BCUT2D eigenvalue weighted by Gasteiger charge is -2.19. The third-order valence-corrected chi connectivity index (χ3v) is 6.19. The molecule has 2 aliphatic rings. The Morgan fingerprint density at radius 1 is 0.581 bits per heavy atom. The van der Waals surface area contributed by atoms with Gasteiger partial charge in [-0.15, -0.1) is 0 Å². The van der Waals surface area contributed by atoms with Gasteiger partial charge in [-0.2, -0.15) is 0 Å². The van der Waals surface area contributed by atoms with Crippen LogP contribution >= 0.6 is 0 Å². The van der Waals surface area contributed by atoms with Crippen LogP contribution in [0.25, 0.3) is 33.1 Å². The van der Waals surface area contributed by atoms with Gasteiger partial charge in [0.2, 0.25) is 11.5 Å². The highest BCUT2D eigenvalue weighted by Gasteiger charge is 2.37. The van der Waals surface area contributed by atoms with Crippen LogP contribution in [0.15, 0.2) is 71.1 Å². The van der Waals surface area contributed by atoms with E-state index in [1.165, 1.54) is 0 Å². The van der Waals surface area contributed by atoms with Crippen LogP contribution < -0.4 is 0 Å². The summed E-state index contributed by atoms with van der Waals surface area (Å²) < 4.78 is 5.92. The molecule has 144 valence electrons. The van der Waals surface area contributed by atoms with Crippen LogP contribution in [0.5, 0.6) is 0 Å². The zero-order valence-electron chi connectivity index (χ0n) is 15.9. The second-order valence-electron chi connectivity index (χ2n) is 7.75. The predicted molar refractivity (Wildman–Crippen MR) is 114 cm³/mol. The molecule has 0 unspecified atom stereocenters. The van der Waals surface area contributed by atoms with E-state index in [4.69, 9.17) is 9.40 Å². The molecule has 0 aliphatic heterocycles. The predicted octanol–water partition coefficient (Wildman–Crippen LogP) is 4.97. The molecule has 7 rings (SSSR count). The highest BCUT2D eigenvalue weighted by atomic mass is 16.4. The van der Waals surface area contributed by atoms with Crippen LogP contribution in [0.2, 0.25) is 0 Å². The SMILES string of the molecule is O=C1c2ccccc2C(=O)c2c1oc1nc3c4c(cccc4c21)C(=O)c1ccccc1-3. The van der Waals surface area contributed by atoms with Crippen molar-refractivity contribution in [1.29, 1.82) is 0 Å². The average molecular weight is 401 g/mol. The Labute approximate surface area is 174 Å². The Hall–Kier alpha value is -4.38. The van der Waals surface area contributed by atoms with Crippen LogP contribution in [-0.4, -0.2) is 22.3 Å². The zero-order valence-corrected chi connectivity index (χ0v) is 15.9. The Morgan fingerprint density at radius 3 is 1.94 bits per heavy atom. The summed E-state index contributed by atoms with van der Waals surface area (Å²) in [7, 11) is 0.